The predicted molar refractivity (Wildman–Crippen MR) is 66.7 cm³/mol. The molecule has 0 heterocycles. The van der Waals surface area contributed by atoms with E-state index in [1.165, 1.54) is 7.11 Å². The molecule has 1 rings (SSSR count). The van der Waals surface area contributed by atoms with Gasteiger partial charge in [0.15, 0.2) is 11.4 Å². The molecule has 1 aromatic rings. The molecule has 0 saturated heterocycles. The SMILES string of the molecule is COc1cc([N+](=O)[O-])c(OS(=O)(=O)O)cc1[NH3+].O=S(=O)([O-])O. The zero-order valence-electron chi connectivity index (χ0n) is 10.7. The topological polar surface area (TPSA) is 221 Å². The fraction of sp³-hybridized carbons (Fsp3) is 0.143. The maximum Gasteiger partial charge on any atom is 0.446 e. The predicted octanol–water partition coefficient (Wildman–Crippen LogP) is -1.34. The lowest BCUT2D eigenvalue weighted by atomic mass is 10.2. The van der Waals surface area contributed by atoms with E-state index in [9.17, 15) is 18.5 Å². The third-order valence-corrected chi connectivity index (χ3v) is 2.14. The molecule has 15 heteroatoms. The number of ether oxygens (including phenoxy) is 1. The Labute approximate surface area is 123 Å². The third kappa shape index (κ3) is 8.29. The number of nitro benzene ring substituents is 1. The highest BCUT2D eigenvalue weighted by Crippen LogP contribution is 2.35. The van der Waals surface area contributed by atoms with E-state index in [1.807, 2.05) is 0 Å². The minimum Gasteiger partial charge on any atom is -0.726 e. The van der Waals surface area contributed by atoms with Gasteiger partial charge in [0.25, 0.3) is 0 Å². The Morgan fingerprint density at radius 2 is 1.64 bits per heavy atom. The van der Waals surface area contributed by atoms with Gasteiger partial charge in [-0.05, 0) is 0 Å². The van der Waals surface area contributed by atoms with Gasteiger partial charge in [-0.2, -0.15) is 8.42 Å². The largest absolute Gasteiger partial charge is 0.726 e. The van der Waals surface area contributed by atoms with Gasteiger partial charge in [0.1, 0.15) is 0 Å². The van der Waals surface area contributed by atoms with Gasteiger partial charge < -0.3 is 19.2 Å². The summed E-state index contributed by atoms with van der Waals surface area (Å²) in [7, 11) is -8.48. The maximum absolute atomic E-state index is 10.7. The standard InChI is InChI=1S/C7H8N2O7S.H2O4S/c1-15-6-3-5(9(10)11)7(2-4(6)8)16-17(12,13)14;1-5(2,3)4/h2-3H,8H2,1H3,(H,12,13,14);(H2,1,2,3,4). The highest BCUT2D eigenvalue weighted by atomic mass is 32.3. The fourth-order valence-corrected chi connectivity index (χ4v) is 1.46. The van der Waals surface area contributed by atoms with Crippen molar-refractivity contribution in [2.45, 2.75) is 0 Å². The monoisotopic (exact) mass is 362 g/mol. The molecular formula is C7H10N2O11S2. The number of nitro groups is 1. The van der Waals surface area contributed by atoms with E-state index >= 15 is 0 Å². The smallest absolute Gasteiger partial charge is 0.446 e. The molecule has 0 bridgehead atoms. The van der Waals surface area contributed by atoms with Gasteiger partial charge in [-0.3, -0.25) is 19.2 Å². The van der Waals surface area contributed by atoms with E-state index in [4.69, 9.17) is 26.8 Å². The van der Waals surface area contributed by atoms with E-state index in [1.54, 1.807) is 0 Å². The van der Waals surface area contributed by atoms with Gasteiger partial charge in [-0.15, -0.1) is 0 Å². The summed E-state index contributed by atoms with van der Waals surface area (Å²) in [6.45, 7) is 0. The molecule has 0 unspecified atom stereocenters. The number of quaternary nitrogens is 1. The normalized spacial score (nSPS) is 11.1. The van der Waals surface area contributed by atoms with Crippen LogP contribution in [0.25, 0.3) is 0 Å². The highest BCUT2D eigenvalue weighted by Gasteiger charge is 2.24. The van der Waals surface area contributed by atoms with Crippen molar-refractivity contribution in [1.29, 1.82) is 0 Å². The van der Waals surface area contributed by atoms with E-state index in [-0.39, 0.29) is 11.4 Å². The lowest BCUT2D eigenvalue weighted by molar-refractivity contribution is -0.385. The van der Waals surface area contributed by atoms with Crippen molar-refractivity contribution in [2.24, 2.45) is 0 Å². The molecule has 0 atom stereocenters. The molecule has 0 saturated carbocycles. The molecule has 1 aromatic carbocycles. The summed E-state index contributed by atoms with van der Waals surface area (Å²) >= 11 is 0. The lowest BCUT2D eigenvalue weighted by Gasteiger charge is -2.05. The van der Waals surface area contributed by atoms with Crippen LogP contribution in [-0.2, 0) is 20.8 Å². The Bertz CT molecular complexity index is 747. The minimum atomic E-state index is -4.92. The summed E-state index contributed by atoms with van der Waals surface area (Å²) in [5.41, 5.74) is 3.00. The van der Waals surface area contributed by atoms with Crippen LogP contribution in [0.4, 0.5) is 11.4 Å². The van der Waals surface area contributed by atoms with Crippen LogP contribution in [0, 0.1) is 10.1 Å². The number of hydrogen-bond acceptors (Lipinski definition) is 9. The van der Waals surface area contributed by atoms with Crippen LogP contribution >= 0.6 is 0 Å². The van der Waals surface area contributed by atoms with Crippen molar-refractivity contribution in [3.63, 3.8) is 0 Å². The Morgan fingerprint density at radius 3 is 1.95 bits per heavy atom. The number of hydrogen-bond donors (Lipinski definition) is 3. The van der Waals surface area contributed by atoms with E-state index < -0.39 is 37.2 Å². The summed E-state index contributed by atoms with van der Waals surface area (Å²) < 4.78 is 71.2. The van der Waals surface area contributed by atoms with Crippen LogP contribution in [0.1, 0.15) is 0 Å². The van der Waals surface area contributed by atoms with Gasteiger partial charge in [-0.1, -0.05) is 0 Å². The van der Waals surface area contributed by atoms with Crippen molar-refractivity contribution in [1.82, 2.24) is 0 Å². The first-order valence-corrected chi connectivity index (χ1v) is 7.51. The van der Waals surface area contributed by atoms with E-state index in [0.29, 0.717) is 0 Å². The second-order valence-electron chi connectivity index (χ2n) is 3.33. The van der Waals surface area contributed by atoms with Crippen LogP contribution in [0.5, 0.6) is 11.5 Å². The molecule has 5 N–H and O–H groups in total. The first kappa shape index (κ1) is 20.0. The van der Waals surface area contributed by atoms with E-state index in [0.717, 1.165) is 12.1 Å². The molecule has 0 aliphatic carbocycles. The zero-order chi connectivity index (χ0) is 17.7. The molecule has 0 aliphatic heterocycles. The van der Waals surface area contributed by atoms with Crippen LogP contribution < -0.4 is 14.7 Å². The van der Waals surface area contributed by atoms with Crippen LogP contribution in [0.15, 0.2) is 12.1 Å². The summed E-state index contributed by atoms with van der Waals surface area (Å²) in [5, 5.41) is 10.7. The Kier molecular flexibility index (Phi) is 6.62. The van der Waals surface area contributed by atoms with Crippen molar-refractivity contribution in [3.05, 3.63) is 22.2 Å². The van der Waals surface area contributed by atoms with Crippen molar-refractivity contribution < 1.29 is 50.1 Å². The first-order chi connectivity index (χ1) is 9.74. The molecule has 0 radical (unpaired) electrons. The summed E-state index contributed by atoms with van der Waals surface area (Å²) in [6.07, 6.45) is 0. The summed E-state index contributed by atoms with van der Waals surface area (Å²) in [6, 6.07) is 1.92. The number of rotatable bonds is 4. The third-order valence-electron chi connectivity index (χ3n) is 1.75. The average Bonchev–Trinajstić information content (AvgIpc) is 2.24. The van der Waals surface area contributed by atoms with Crippen LogP contribution in [-0.4, -0.2) is 42.5 Å². The van der Waals surface area contributed by atoms with E-state index in [2.05, 4.69) is 9.92 Å². The average molecular weight is 362 g/mol. The van der Waals surface area contributed by atoms with Gasteiger partial charge in [0.2, 0.25) is 16.1 Å². The Morgan fingerprint density at radius 1 is 1.18 bits per heavy atom. The Hall–Kier alpha value is -2.04. The molecular weight excluding hydrogens is 352 g/mol. The van der Waals surface area contributed by atoms with Crippen LogP contribution in [0.2, 0.25) is 0 Å². The maximum atomic E-state index is 10.7. The summed E-state index contributed by atoms with van der Waals surface area (Å²) in [5.74, 6) is -0.539. The molecule has 13 nitrogen and oxygen atoms in total. The lowest BCUT2D eigenvalue weighted by Crippen LogP contribution is -2.40. The molecule has 126 valence electrons. The number of methoxy groups -OCH3 is 1. The van der Waals surface area contributed by atoms with Gasteiger partial charge in [-0.25, -0.2) is 8.42 Å². The molecule has 0 fully saturated rings. The van der Waals surface area contributed by atoms with Crippen LogP contribution in [0.3, 0.4) is 0 Å². The quantitative estimate of drug-likeness (QED) is 0.246. The second-order valence-corrected chi connectivity index (χ2v) is 5.21. The van der Waals surface area contributed by atoms with Gasteiger partial charge in [0, 0.05) is 0 Å². The molecule has 0 amide bonds. The van der Waals surface area contributed by atoms with Crippen molar-refractivity contribution in [3.8, 4) is 11.5 Å². The van der Waals surface area contributed by atoms with Gasteiger partial charge in [0.05, 0.1) is 24.2 Å². The summed E-state index contributed by atoms with van der Waals surface area (Å²) in [4.78, 5) is 9.79. The number of nitrogens with zero attached hydrogens (tertiary/aromatic N) is 1. The molecule has 0 aromatic heterocycles. The van der Waals surface area contributed by atoms with Crippen molar-refractivity contribution >= 4 is 32.2 Å². The minimum absolute atomic E-state index is 0.0967. The molecule has 0 spiro atoms. The fourth-order valence-electron chi connectivity index (χ4n) is 1.10. The van der Waals surface area contributed by atoms with Crippen molar-refractivity contribution in [2.75, 3.05) is 7.11 Å². The van der Waals surface area contributed by atoms with Gasteiger partial charge >= 0.3 is 16.1 Å². The first-order valence-electron chi connectivity index (χ1n) is 4.78. The highest BCUT2D eigenvalue weighted by molar-refractivity contribution is 7.81. The molecule has 0 aliphatic rings. The molecule has 22 heavy (non-hydrogen) atoms. The zero-order valence-corrected chi connectivity index (χ0v) is 12.3. The second kappa shape index (κ2) is 7.29. The Balaban J connectivity index is 0.000000763. The number of benzene rings is 1.